The van der Waals surface area contributed by atoms with Crippen LogP contribution in [0.4, 0.5) is 18.9 Å². The van der Waals surface area contributed by atoms with Crippen molar-refractivity contribution in [1.29, 1.82) is 0 Å². The summed E-state index contributed by atoms with van der Waals surface area (Å²) in [7, 11) is 0. The molecule has 1 heterocycles. The molecule has 0 unspecified atom stereocenters. The van der Waals surface area contributed by atoms with Crippen LogP contribution in [0.5, 0.6) is 5.75 Å². The second-order valence-electron chi connectivity index (χ2n) is 6.26. The molecule has 0 aromatic heterocycles. The summed E-state index contributed by atoms with van der Waals surface area (Å²) in [6.07, 6.45) is -4.01. The molecule has 2 N–H and O–H groups in total. The van der Waals surface area contributed by atoms with E-state index in [-0.39, 0.29) is 23.5 Å². The smallest absolute Gasteiger partial charge is 0.406 e. The average Bonchev–Trinajstić information content (AvgIpc) is 2.63. The fourth-order valence-corrected chi connectivity index (χ4v) is 3.11. The van der Waals surface area contributed by atoms with Gasteiger partial charge >= 0.3 is 6.36 Å². The number of piperidine rings is 1. The van der Waals surface area contributed by atoms with Crippen molar-refractivity contribution in [2.45, 2.75) is 18.7 Å². The molecule has 4 nitrogen and oxygen atoms in total. The van der Waals surface area contributed by atoms with Crippen molar-refractivity contribution < 1.29 is 22.7 Å². The van der Waals surface area contributed by atoms with Crippen LogP contribution >= 0.6 is 0 Å². The number of hydrogen-bond acceptors (Lipinski definition) is 3. The number of halogens is 3. The minimum Gasteiger partial charge on any atom is -0.406 e. The van der Waals surface area contributed by atoms with Crippen LogP contribution in [-0.4, -0.2) is 25.4 Å². The number of anilines is 1. The van der Waals surface area contributed by atoms with Gasteiger partial charge in [0.25, 0.3) is 0 Å². The van der Waals surface area contributed by atoms with E-state index in [0.29, 0.717) is 12.2 Å². The first-order valence-corrected chi connectivity index (χ1v) is 8.33. The van der Waals surface area contributed by atoms with Gasteiger partial charge in [0.05, 0.1) is 5.92 Å². The van der Waals surface area contributed by atoms with E-state index >= 15 is 0 Å². The molecule has 2 aromatic carbocycles. The molecular weight excluding hydrogens is 345 g/mol. The maximum Gasteiger partial charge on any atom is 0.573 e. The summed E-state index contributed by atoms with van der Waals surface area (Å²) in [6.45, 7) is 1.39. The van der Waals surface area contributed by atoms with Crippen molar-refractivity contribution in [1.82, 2.24) is 5.32 Å². The molecule has 3 rings (SSSR count). The Kier molecular flexibility index (Phi) is 5.46. The average molecular weight is 364 g/mol. The number of ether oxygens (including phenoxy) is 1. The number of alkyl halides is 3. The highest BCUT2D eigenvalue weighted by molar-refractivity contribution is 5.92. The maximum absolute atomic E-state index is 12.5. The third kappa shape index (κ3) is 4.98. The van der Waals surface area contributed by atoms with E-state index in [2.05, 4.69) is 15.4 Å². The van der Waals surface area contributed by atoms with Gasteiger partial charge in [0.1, 0.15) is 5.75 Å². The summed E-state index contributed by atoms with van der Waals surface area (Å²) in [5.41, 5.74) is 1.62. The van der Waals surface area contributed by atoms with E-state index in [1.807, 2.05) is 30.3 Å². The van der Waals surface area contributed by atoms with Gasteiger partial charge in [-0.15, -0.1) is 13.2 Å². The largest absolute Gasteiger partial charge is 0.573 e. The number of amides is 1. The van der Waals surface area contributed by atoms with Gasteiger partial charge in [0, 0.05) is 18.8 Å². The summed E-state index contributed by atoms with van der Waals surface area (Å²) >= 11 is 0. The molecule has 138 valence electrons. The Morgan fingerprint density at radius 1 is 1.04 bits per heavy atom. The van der Waals surface area contributed by atoms with Crippen LogP contribution in [0.25, 0.3) is 0 Å². The lowest BCUT2D eigenvalue weighted by atomic mass is 9.85. The van der Waals surface area contributed by atoms with Gasteiger partial charge in [-0.2, -0.15) is 0 Å². The zero-order valence-electron chi connectivity index (χ0n) is 13.9. The Bertz CT molecular complexity index is 733. The van der Waals surface area contributed by atoms with Crippen molar-refractivity contribution in [3.05, 3.63) is 60.2 Å². The number of carbonyl (C=O) groups is 1. The molecule has 1 fully saturated rings. The van der Waals surface area contributed by atoms with Crippen LogP contribution in [0.2, 0.25) is 0 Å². The SMILES string of the molecule is O=C(Nc1ccc(OC(F)(F)F)cc1)[C@H]1CNC[C@H](c2ccccc2)C1. The molecule has 0 saturated carbocycles. The molecule has 1 aliphatic rings. The predicted molar refractivity (Wildman–Crippen MR) is 91.9 cm³/mol. The van der Waals surface area contributed by atoms with Gasteiger partial charge < -0.3 is 15.4 Å². The van der Waals surface area contributed by atoms with Crippen LogP contribution in [-0.2, 0) is 4.79 Å². The van der Waals surface area contributed by atoms with Crippen molar-refractivity contribution >= 4 is 11.6 Å². The number of benzene rings is 2. The molecule has 26 heavy (non-hydrogen) atoms. The fraction of sp³-hybridized carbons (Fsp3) is 0.316. The topological polar surface area (TPSA) is 50.4 Å². The van der Waals surface area contributed by atoms with E-state index in [9.17, 15) is 18.0 Å². The lowest BCUT2D eigenvalue weighted by molar-refractivity contribution is -0.274. The molecule has 1 aliphatic heterocycles. The lowest BCUT2D eigenvalue weighted by Crippen LogP contribution is -2.40. The Labute approximate surface area is 149 Å². The Hall–Kier alpha value is -2.54. The molecule has 1 amide bonds. The quantitative estimate of drug-likeness (QED) is 0.865. The number of rotatable bonds is 4. The molecule has 2 aromatic rings. The van der Waals surface area contributed by atoms with Crippen molar-refractivity contribution in [2.24, 2.45) is 5.92 Å². The number of hydrogen-bond donors (Lipinski definition) is 2. The van der Waals surface area contributed by atoms with Crippen molar-refractivity contribution in [2.75, 3.05) is 18.4 Å². The first-order valence-electron chi connectivity index (χ1n) is 8.33. The second-order valence-corrected chi connectivity index (χ2v) is 6.26. The highest BCUT2D eigenvalue weighted by Gasteiger charge is 2.31. The van der Waals surface area contributed by atoms with Gasteiger partial charge in [-0.1, -0.05) is 30.3 Å². The van der Waals surface area contributed by atoms with E-state index in [1.165, 1.54) is 29.8 Å². The van der Waals surface area contributed by atoms with E-state index in [4.69, 9.17) is 0 Å². The predicted octanol–water partition coefficient (Wildman–Crippen LogP) is 3.92. The fourth-order valence-electron chi connectivity index (χ4n) is 3.11. The first-order chi connectivity index (χ1) is 12.4. The van der Waals surface area contributed by atoms with E-state index in [1.54, 1.807) is 0 Å². The van der Waals surface area contributed by atoms with E-state index in [0.717, 1.165) is 13.0 Å². The third-order valence-electron chi connectivity index (χ3n) is 4.35. The molecule has 2 atom stereocenters. The van der Waals surface area contributed by atoms with Gasteiger partial charge in [0.15, 0.2) is 0 Å². The first kappa shape index (κ1) is 18.3. The minimum atomic E-state index is -4.73. The summed E-state index contributed by atoms with van der Waals surface area (Å²) < 4.78 is 40.3. The summed E-state index contributed by atoms with van der Waals surface area (Å²) in [5.74, 6) is -0.426. The van der Waals surface area contributed by atoms with Gasteiger partial charge in [-0.05, 0) is 42.2 Å². The van der Waals surface area contributed by atoms with Crippen LogP contribution < -0.4 is 15.4 Å². The van der Waals surface area contributed by atoms with Gasteiger partial charge in [-0.3, -0.25) is 4.79 Å². The van der Waals surface area contributed by atoms with Gasteiger partial charge in [0.2, 0.25) is 5.91 Å². The maximum atomic E-state index is 12.5. The van der Waals surface area contributed by atoms with Crippen LogP contribution in [0, 0.1) is 5.92 Å². The van der Waals surface area contributed by atoms with Crippen LogP contribution in [0.1, 0.15) is 17.9 Å². The Balaban J connectivity index is 1.59. The molecule has 7 heteroatoms. The van der Waals surface area contributed by atoms with Gasteiger partial charge in [-0.25, -0.2) is 0 Å². The minimum absolute atomic E-state index is 0.150. The molecule has 0 aliphatic carbocycles. The van der Waals surface area contributed by atoms with Crippen molar-refractivity contribution in [3.63, 3.8) is 0 Å². The Morgan fingerprint density at radius 3 is 2.38 bits per heavy atom. The molecular formula is C19H19F3N2O2. The summed E-state index contributed by atoms with van der Waals surface area (Å²) in [5, 5.41) is 6.04. The monoisotopic (exact) mass is 364 g/mol. The molecule has 0 bridgehead atoms. The zero-order valence-corrected chi connectivity index (χ0v) is 13.9. The summed E-state index contributed by atoms with van der Waals surface area (Å²) in [4.78, 5) is 12.5. The molecule has 0 radical (unpaired) electrons. The molecule has 0 spiro atoms. The summed E-state index contributed by atoms with van der Waals surface area (Å²) in [6, 6.07) is 15.1. The number of nitrogens with one attached hydrogen (secondary N) is 2. The third-order valence-corrected chi connectivity index (χ3v) is 4.35. The standard InChI is InChI=1S/C19H19F3N2O2/c20-19(21,22)26-17-8-6-16(7-9-17)24-18(25)15-10-14(11-23-12-15)13-4-2-1-3-5-13/h1-9,14-15,23H,10-12H2,(H,24,25)/t14-,15-/m1/s1. The lowest BCUT2D eigenvalue weighted by Gasteiger charge is -2.29. The normalized spacial score (nSPS) is 20.4. The molecule has 1 saturated heterocycles. The van der Waals surface area contributed by atoms with Crippen LogP contribution in [0.15, 0.2) is 54.6 Å². The van der Waals surface area contributed by atoms with Crippen LogP contribution in [0.3, 0.4) is 0 Å². The number of carbonyl (C=O) groups excluding carboxylic acids is 1. The van der Waals surface area contributed by atoms with E-state index < -0.39 is 6.36 Å². The van der Waals surface area contributed by atoms with Crippen molar-refractivity contribution in [3.8, 4) is 5.75 Å². The highest BCUT2D eigenvalue weighted by atomic mass is 19.4. The Morgan fingerprint density at radius 2 is 1.73 bits per heavy atom. The highest BCUT2D eigenvalue weighted by Crippen LogP contribution is 2.28. The second kappa shape index (κ2) is 7.78. The zero-order chi connectivity index (χ0) is 18.6.